The molecule has 1 unspecified atom stereocenters. The van der Waals surface area contributed by atoms with Gasteiger partial charge in [-0.15, -0.1) is 0 Å². The summed E-state index contributed by atoms with van der Waals surface area (Å²) in [5.74, 6) is -0.251. The molecule has 0 saturated carbocycles. The molecule has 2 heterocycles. The van der Waals surface area contributed by atoms with Crippen LogP contribution in [0.5, 0.6) is 0 Å². The molecule has 2 aromatic rings. The molecule has 1 N–H and O–H groups in total. The highest BCUT2D eigenvalue weighted by Crippen LogP contribution is 2.34. The van der Waals surface area contributed by atoms with E-state index in [2.05, 4.69) is 21.1 Å². The van der Waals surface area contributed by atoms with E-state index >= 15 is 0 Å². The Morgan fingerprint density at radius 2 is 2.25 bits per heavy atom. The lowest BCUT2D eigenvalue weighted by atomic mass is 9.97. The van der Waals surface area contributed by atoms with Crippen LogP contribution in [0.25, 0.3) is 11.3 Å². The molecule has 6 heteroatoms. The number of halogens is 1. The number of carbonyl (C=O) groups is 1. The minimum Gasteiger partial charge on any atom is -0.476 e. The van der Waals surface area contributed by atoms with E-state index in [4.69, 9.17) is 14.4 Å². The quantitative estimate of drug-likeness (QED) is 0.930. The van der Waals surface area contributed by atoms with Gasteiger partial charge in [-0.05, 0) is 18.1 Å². The summed E-state index contributed by atoms with van der Waals surface area (Å²) < 4.78 is 11.4. The highest BCUT2D eigenvalue weighted by atomic mass is 79.9. The van der Waals surface area contributed by atoms with Gasteiger partial charge in [0.25, 0.3) is 0 Å². The van der Waals surface area contributed by atoms with Crippen LogP contribution in [0.2, 0.25) is 0 Å². The van der Waals surface area contributed by atoms with Crippen molar-refractivity contribution in [2.24, 2.45) is 0 Å². The number of aromatic nitrogens is 1. The molecule has 0 radical (unpaired) electrons. The maximum absolute atomic E-state index is 10.8. The largest absolute Gasteiger partial charge is 0.476 e. The fourth-order valence-electron chi connectivity index (χ4n) is 2.30. The predicted molar refractivity (Wildman–Crippen MR) is 74.8 cm³/mol. The third-order valence-corrected chi connectivity index (χ3v) is 4.07. The predicted octanol–water partition coefficient (Wildman–Crippen LogP) is 3.31. The second-order valence-electron chi connectivity index (χ2n) is 4.68. The first kappa shape index (κ1) is 13.3. The van der Waals surface area contributed by atoms with E-state index in [0.29, 0.717) is 11.7 Å². The molecular formula is C14H12BrNO4. The molecule has 0 spiro atoms. The number of carboxylic acid groups (broad SMARTS) is 1. The van der Waals surface area contributed by atoms with Crippen molar-refractivity contribution >= 4 is 21.9 Å². The molecule has 5 nitrogen and oxygen atoms in total. The van der Waals surface area contributed by atoms with Gasteiger partial charge in [-0.3, -0.25) is 0 Å². The van der Waals surface area contributed by atoms with E-state index in [0.717, 1.165) is 29.7 Å². The van der Waals surface area contributed by atoms with E-state index < -0.39 is 5.97 Å². The molecule has 1 saturated heterocycles. The molecule has 20 heavy (non-hydrogen) atoms. The zero-order chi connectivity index (χ0) is 14.1. The Hall–Kier alpha value is -1.66. The third kappa shape index (κ3) is 2.48. The Balaban J connectivity index is 1.90. The lowest BCUT2D eigenvalue weighted by molar-refractivity contribution is 0.0686. The molecule has 1 aliphatic heterocycles. The first-order chi connectivity index (χ1) is 9.65. The maximum Gasteiger partial charge on any atom is 0.358 e. The molecule has 104 valence electrons. The zero-order valence-corrected chi connectivity index (χ0v) is 12.1. The molecular weight excluding hydrogens is 326 g/mol. The van der Waals surface area contributed by atoms with Gasteiger partial charge in [0.2, 0.25) is 0 Å². The summed E-state index contributed by atoms with van der Waals surface area (Å²) in [7, 11) is 0. The lowest BCUT2D eigenvalue weighted by Gasteiger charge is -2.11. The van der Waals surface area contributed by atoms with Gasteiger partial charge < -0.3 is 14.4 Å². The SMILES string of the molecule is O=C(O)c1cc(-c2ccc(C3CCOC3)c(Br)c2)on1. The Morgan fingerprint density at radius 3 is 2.85 bits per heavy atom. The monoisotopic (exact) mass is 337 g/mol. The molecule has 1 aliphatic rings. The van der Waals surface area contributed by atoms with Gasteiger partial charge in [-0.2, -0.15) is 0 Å². The number of carboxylic acids is 1. The molecule has 1 fully saturated rings. The number of nitrogens with zero attached hydrogens (tertiary/aromatic N) is 1. The van der Waals surface area contributed by atoms with E-state index in [-0.39, 0.29) is 5.69 Å². The van der Waals surface area contributed by atoms with Crippen molar-refractivity contribution < 1.29 is 19.2 Å². The summed E-state index contributed by atoms with van der Waals surface area (Å²) in [6, 6.07) is 7.26. The first-order valence-corrected chi connectivity index (χ1v) is 7.02. The molecule has 1 aromatic heterocycles. The van der Waals surface area contributed by atoms with E-state index in [9.17, 15) is 4.79 Å². The van der Waals surface area contributed by atoms with Crippen molar-refractivity contribution in [3.63, 3.8) is 0 Å². The lowest BCUT2D eigenvalue weighted by Crippen LogP contribution is -1.98. The minimum atomic E-state index is -1.10. The fraction of sp³-hybridized carbons (Fsp3) is 0.286. The van der Waals surface area contributed by atoms with Gasteiger partial charge in [0.15, 0.2) is 11.5 Å². The normalized spacial score (nSPS) is 18.4. The second kappa shape index (κ2) is 5.38. The number of ether oxygens (including phenoxy) is 1. The molecule has 3 rings (SSSR count). The van der Waals surface area contributed by atoms with Crippen LogP contribution in [0, 0.1) is 0 Å². The number of benzene rings is 1. The van der Waals surface area contributed by atoms with Crippen LogP contribution in [-0.4, -0.2) is 29.4 Å². The zero-order valence-electron chi connectivity index (χ0n) is 10.5. The third-order valence-electron chi connectivity index (χ3n) is 3.38. The Kier molecular flexibility index (Phi) is 3.58. The Bertz CT molecular complexity index is 646. The molecule has 1 atom stereocenters. The minimum absolute atomic E-state index is 0.0932. The number of rotatable bonds is 3. The van der Waals surface area contributed by atoms with Crippen molar-refractivity contribution in [2.75, 3.05) is 13.2 Å². The topological polar surface area (TPSA) is 72.6 Å². The van der Waals surface area contributed by atoms with Gasteiger partial charge in [-0.1, -0.05) is 33.2 Å². The van der Waals surface area contributed by atoms with Crippen LogP contribution >= 0.6 is 15.9 Å². The summed E-state index contributed by atoms with van der Waals surface area (Å²) in [5.41, 5.74) is 1.90. The van der Waals surface area contributed by atoms with Gasteiger partial charge >= 0.3 is 5.97 Å². The van der Waals surface area contributed by atoms with Gasteiger partial charge in [0.05, 0.1) is 6.61 Å². The first-order valence-electron chi connectivity index (χ1n) is 6.22. The van der Waals surface area contributed by atoms with Gasteiger partial charge in [0, 0.05) is 28.6 Å². The van der Waals surface area contributed by atoms with Crippen LogP contribution in [-0.2, 0) is 4.74 Å². The van der Waals surface area contributed by atoms with Gasteiger partial charge in [0.1, 0.15) is 0 Å². The fourth-order valence-corrected chi connectivity index (χ4v) is 3.01. The average Bonchev–Trinajstić information content (AvgIpc) is 3.10. The molecule has 0 aliphatic carbocycles. The van der Waals surface area contributed by atoms with Crippen LogP contribution in [0.3, 0.4) is 0 Å². The summed E-state index contributed by atoms with van der Waals surface area (Å²) in [4.78, 5) is 10.8. The molecule has 0 bridgehead atoms. The van der Waals surface area contributed by atoms with Crippen molar-refractivity contribution in [2.45, 2.75) is 12.3 Å². The smallest absolute Gasteiger partial charge is 0.358 e. The van der Waals surface area contributed by atoms with Crippen molar-refractivity contribution in [1.82, 2.24) is 5.16 Å². The van der Waals surface area contributed by atoms with Crippen LogP contribution < -0.4 is 0 Å². The number of aromatic carboxylic acids is 1. The Morgan fingerprint density at radius 1 is 1.40 bits per heavy atom. The summed E-state index contributed by atoms with van der Waals surface area (Å²) >= 11 is 3.56. The van der Waals surface area contributed by atoms with E-state index in [1.807, 2.05) is 18.2 Å². The van der Waals surface area contributed by atoms with E-state index in [1.54, 1.807) is 0 Å². The van der Waals surface area contributed by atoms with E-state index in [1.165, 1.54) is 11.6 Å². The highest BCUT2D eigenvalue weighted by Gasteiger charge is 2.21. The van der Waals surface area contributed by atoms with Crippen molar-refractivity contribution in [3.8, 4) is 11.3 Å². The number of hydrogen-bond donors (Lipinski definition) is 1. The second-order valence-corrected chi connectivity index (χ2v) is 5.53. The van der Waals surface area contributed by atoms with Crippen LogP contribution in [0.4, 0.5) is 0 Å². The maximum atomic E-state index is 10.8. The van der Waals surface area contributed by atoms with Crippen molar-refractivity contribution in [1.29, 1.82) is 0 Å². The highest BCUT2D eigenvalue weighted by molar-refractivity contribution is 9.10. The molecule has 1 aromatic carbocycles. The number of hydrogen-bond acceptors (Lipinski definition) is 4. The summed E-state index contributed by atoms with van der Waals surface area (Å²) in [6.45, 7) is 1.53. The Labute approximate surface area is 123 Å². The van der Waals surface area contributed by atoms with Gasteiger partial charge in [-0.25, -0.2) is 4.79 Å². The summed E-state index contributed by atoms with van der Waals surface area (Å²) in [5, 5.41) is 12.4. The van der Waals surface area contributed by atoms with Crippen LogP contribution in [0.15, 0.2) is 33.3 Å². The standard InChI is InChI=1S/C14H12BrNO4/c15-11-5-8(13-6-12(14(17)18)16-20-13)1-2-10(11)9-3-4-19-7-9/h1-2,5-6,9H,3-4,7H2,(H,17,18). The summed E-state index contributed by atoms with van der Waals surface area (Å²) in [6.07, 6.45) is 1.02. The van der Waals surface area contributed by atoms with Crippen LogP contribution in [0.1, 0.15) is 28.4 Å². The van der Waals surface area contributed by atoms with Crippen molar-refractivity contribution in [3.05, 3.63) is 40.0 Å². The average molecular weight is 338 g/mol. The molecule has 0 amide bonds.